The summed E-state index contributed by atoms with van der Waals surface area (Å²) in [5.74, 6) is 0.639. The quantitative estimate of drug-likeness (QED) is 0.517. The molecule has 2 heterocycles. The fourth-order valence-electron chi connectivity index (χ4n) is 4.61. The third-order valence-electron chi connectivity index (χ3n) is 6.40. The molecule has 7 nitrogen and oxygen atoms in total. The van der Waals surface area contributed by atoms with Gasteiger partial charge in [0.1, 0.15) is 17.4 Å². The molecule has 8 heteroatoms. The smallest absolute Gasteiger partial charge is 0.120 e. The van der Waals surface area contributed by atoms with Gasteiger partial charge in [-0.05, 0) is 55.0 Å². The number of hydrogen-bond acceptors (Lipinski definition) is 7. The van der Waals surface area contributed by atoms with Crippen molar-refractivity contribution in [3.63, 3.8) is 0 Å². The summed E-state index contributed by atoms with van der Waals surface area (Å²) in [5, 5.41) is 31.2. The molecule has 1 fully saturated rings. The van der Waals surface area contributed by atoms with Gasteiger partial charge < -0.3 is 19.8 Å². The maximum Gasteiger partial charge on any atom is 0.120 e. The second-order valence-electron chi connectivity index (χ2n) is 8.94. The zero-order valence-corrected chi connectivity index (χ0v) is 20.6. The first-order chi connectivity index (χ1) is 16.8. The number of benzene rings is 2. The minimum atomic E-state index is -1.20. The lowest BCUT2D eigenvalue weighted by Crippen LogP contribution is -2.52. The van der Waals surface area contributed by atoms with Crippen LogP contribution < -0.4 is 9.64 Å². The Balaban J connectivity index is 1.64. The highest BCUT2D eigenvalue weighted by atomic mass is 35.5. The van der Waals surface area contributed by atoms with Crippen molar-refractivity contribution in [2.45, 2.75) is 25.2 Å². The number of rotatable bonds is 7. The van der Waals surface area contributed by atoms with E-state index in [0.717, 1.165) is 11.3 Å². The van der Waals surface area contributed by atoms with Crippen LogP contribution in [0.1, 0.15) is 35.5 Å². The predicted molar refractivity (Wildman–Crippen MR) is 135 cm³/mol. The van der Waals surface area contributed by atoms with E-state index in [2.05, 4.69) is 20.9 Å². The number of hydrogen-bond donors (Lipinski definition) is 2. The van der Waals surface area contributed by atoms with Crippen LogP contribution in [0.5, 0.6) is 5.75 Å². The number of β-amino-alcohol motifs (C(OH)–C–C–N with tert-alkyl or cyclic N) is 1. The van der Waals surface area contributed by atoms with Gasteiger partial charge in [0.2, 0.25) is 0 Å². The Labute approximate surface area is 210 Å². The molecular weight excluding hydrogens is 464 g/mol. The average Bonchev–Trinajstić information content (AvgIpc) is 2.88. The molecule has 1 saturated heterocycles. The van der Waals surface area contributed by atoms with E-state index in [-0.39, 0.29) is 12.6 Å². The van der Waals surface area contributed by atoms with Crippen molar-refractivity contribution >= 4 is 17.3 Å². The highest BCUT2D eigenvalue weighted by molar-refractivity contribution is 6.30. The summed E-state index contributed by atoms with van der Waals surface area (Å²) in [6, 6.07) is 20.8. The third kappa shape index (κ3) is 5.58. The number of nitriles is 1. The summed E-state index contributed by atoms with van der Waals surface area (Å²) in [5.41, 5.74) is 2.31. The maximum atomic E-state index is 11.3. The number of aliphatic hydroxyl groups excluding tert-OH is 1. The summed E-state index contributed by atoms with van der Waals surface area (Å²) >= 11 is 6.15. The van der Waals surface area contributed by atoms with E-state index in [1.807, 2.05) is 36.4 Å². The van der Waals surface area contributed by atoms with Gasteiger partial charge in [-0.1, -0.05) is 29.8 Å². The van der Waals surface area contributed by atoms with Gasteiger partial charge in [-0.3, -0.25) is 9.88 Å². The molecule has 2 aromatic carbocycles. The van der Waals surface area contributed by atoms with Crippen molar-refractivity contribution in [2.75, 3.05) is 38.2 Å². The Kier molecular flexibility index (Phi) is 7.58. The van der Waals surface area contributed by atoms with Crippen LogP contribution in [0, 0.1) is 11.3 Å². The SMILES string of the molecule is COc1ccc(N2CCN(C[C@@](C)(O)c3cccc(CO)n3)C[C@H]2c2ccc(Cl)cc2)c(C#N)c1. The monoisotopic (exact) mass is 492 g/mol. The molecule has 0 amide bonds. The topological polar surface area (TPSA) is 92.8 Å². The van der Waals surface area contributed by atoms with Gasteiger partial charge in [-0.15, -0.1) is 0 Å². The van der Waals surface area contributed by atoms with E-state index in [4.69, 9.17) is 16.3 Å². The number of aliphatic hydroxyl groups is 2. The van der Waals surface area contributed by atoms with Crippen LogP contribution in [0.4, 0.5) is 5.69 Å². The molecule has 2 N–H and O–H groups in total. The van der Waals surface area contributed by atoms with Crippen LogP contribution in [-0.2, 0) is 12.2 Å². The Hall–Kier alpha value is -3.15. The van der Waals surface area contributed by atoms with Crippen LogP contribution >= 0.6 is 11.6 Å². The molecule has 0 spiro atoms. The first-order valence-corrected chi connectivity index (χ1v) is 11.8. The maximum absolute atomic E-state index is 11.3. The van der Waals surface area contributed by atoms with Crippen molar-refractivity contribution in [3.05, 3.63) is 88.2 Å². The fourth-order valence-corrected chi connectivity index (χ4v) is 4.73. The van der Waals surface area contributed by atoms with Crippen LogP contribution in [0.25, 0.3) is 0 Å². The second-order valence-corrected chi connectivity index (χ2v) is 9.37. The van der Waals surface area contributed by atoms with E-state index < -0.39 is 5.60 Å². The molecular formula is C27H29ClN4O3. The Morgan fingerprint density at radius 3 is 2.63 bits per heavy atom. The zero-order valence-electron chi connectivity index (χ0n) is 19.9. The molecule has 1 aliphatic heterocycles. The molecule has 0 unspecified atom stereocenters. The van der Waals surface area contributed by atoms with Crippen LogP contribution in [-0.4, -0.2) is 53.4 Å². The van der Waals surface area contributed by atoms with Crippen molar-refractivity contribution in [3.8, 4) is 11.8 Å². The molecule has 3 aromatic rings. The standard InChI is InChI=1S/C27H29ClN4O3/c1-27(34,26-5-3-4-22(17-33)30-26)18-31-12-13-32(24-11-10-23(35-2)14-20(24)15-29)25(16-31)19-6-8-21(28)9-7-19/h3-11,14,25,33-34H,12-13,16-18H2,1-2H3/t25-,27+/m0/s1. The lowest BCUT2D eigenvalue weighted by atomic mass is 9.96. The van der Waals surface area contributed by atoms with Crippen molar-refractivity contribution in [1.29, 1.82) is 5.26 Å². The average molecular weight is 493 g/mol. The third-order valence-corrected chi connectivity index (χ3v) is 6.66. The van der Waals surface area contributed by atoms with Crippen LogP contribution in [0.2, 0.25) is 5.02 Å². The molecule has 0 bridgehead atoms. The van der Waals surface area contributed by atoms with E-state index >= 15 is 0 Å². The lowest BCUT2D eigenvalue weighted by Gasteiger charge is -2.45. The van der Waals surface area contributed by atoms with Gasteiger partial charge in [0, 0.05) is 31.2 Å². The number of anilines is 1. The second kappa shape index (κ2) is 10.6. The number of methoxy groups -OCH3 is 1. The van der Waals surface area contributed by atoms with E-state index in [0.29, 0.717) is 53.9 Å². The molecule has 0 radical (unpaired) electrons. The largest absolute Gasteiger partial charge is 0.497 e. The minimum absolute atomic E-state index is 0.0611. The first-order valence-electron chi connectivity index (χ1n) is 11.5. The summed E-state index contributed by atoms with van der Waals surface area (Å²) in [4.78, 5) is 8.86. The number of piperazine rings is 1. The Bertz CT molecular complexity index is 1210. The van der Waals surface area contributed by atoms with Gasteiger partial charge in [0.15, 0.2) is 0 Å². The van der Waals surface area contributed by atoms with E-state index in [9.17, 15) is 15.5 Å². The molecule has 2 atom stereocenters. The Morgan fingerprint density at radius 2 is 1.94 bits per heavy atom. The van der Waals surface area contributed by atoms with Gasteiger partial charge in [-0.2, -0.15) is 5.26 Å². The number of pyridine rings is 1. The van der Waals surface area contributed by atoms with Crippen molar-refractivity contribution < 1.29 is 14.9 Å². The van der Waals surface area contributed by atoms with Gasteiger partial charge in [0.05, 0.1) is 42.4 Å². The van der Waals surface area contributed by atoms with Gasteiger partial charge in [0.25, 0.3) is 0 Å². The molecule has 0 aliphatic carbocycles. The highest BCUT2D eigenvalue weighted by Crippen LogP contribution is 2.35. The van der Waals surface area contributed by atoms with Gasteiger partial charge >= 0.3 is 0 Å². The number of halogens is 1. The van der Waals surface area contributed by atoms with E-state index in [1.165, 1.54) is 0 Å². The Morgan fingerprint density at radius 1 is 1.17 bits per heavy atom. The summed E-state index contributed by atoms with van der Waals surface area (Å²) in [7, 11) is 1.59. The molecule has 1 aliphatic rings. The van der Waals surface area contributed by atoms with E-state index in [1.54, 1.807) is 38.3 Å². The number of nitrogens with zero attached hydrogens (tertiary/aromatic N) is 4. The summed E-state index contributed by atoms with van der Waals surface area (Å²) in [6.07, 6.45) is 0. The normalized spacial score (nSPS) is 18.1. The molecule has 0 saturated carbocycles. The van der Waals surface area contributed by atoms with Crippen LogP contribution in [0.15, 0.2) is 60.7 Å². The van der Waals surface area contributed by atoms with Crippen molar-refractivity contribution in [2.24, 2.45) is 0 Å². The summed E-state index contributed by atoms with van der Waals surface area (Å²) < 4.78 is 5.31. The minimum Gasteiger partial charge on any atom is -0.497 e. The predicted octanol–water partition coefficient (Wildman–Crippen LogP) is 3.88. The fraction of sp³-hybridized carbons (Fsp3) is 0.333. The molecule has 35 heavy (non-hydrogen) atoms. The lowest BCUT2D eigenvalue weighted by molar-refractivity contribution is 0.00648. The molecule has 1 aromatic heterocycles. The molecule has 182 valence electrons. The highest BCUT2D eigenvalue weighted by Gasteiger charge is 2.34. The number of aromatic nitrogens is 1. The van der Waals surface area contributed by atoms with Crippen molar-refractivity contribution in [1.82, 2.24) is 9.88 Å². The van der Waals surface area contributed by atoms with Crippen LogP contribution in [0.3, 0.4) is 0 Å². The zero-order chi connectivity index (χ0) is 25.0. The number of ether oxygens (including phenoxy) is 1. The first kappa shape index (κ1) is 25.0. The summed E-state index contributed by atoms with van der Waals surface area (Å²) in [6.45, 7) is 3.93. The van der Waals surface area contributed by atoms with Gasteiger partial charge in [-0.25, -0.2) is 0 Å². The molecule has 4 rings (SSSR count).